The molecule has 0 saturated heterocycles. The van der Waals surface area contributed by atoms with E-state index in [9.17, 15) is 13.2 Å². The Morgan fingerprint density at radius 2 is 1.83 bits per heavy atom. The topological polar surface area (TPSA) is 18.5 Å². The third-order valence-electron chi connectivity index (χ3n) is 3.93. The summed E-state index contributed by atoms with van der Waals surface area (Å²) < 4.78 is 49.6. The molecular formula is C17H25F3O2Si. The van der Waals surface area contributed by atoms with Gasteiger partial charge in [0.2, 0.25) is 0 Å². The molecule has 130 valence electrons. The van der Waals surface area contributed by atoms with E-state index >= 15 is 0 Å². The quantitative estimate of drug-likeness (QED) is 0.403. The molecule has 2 nitrogen and oxygen atoms in total. The molecule has 0 atom stereocenters. The molecule has 0 N–H and O–H groups in total. The largest absolute Gasteiger partial charge is 0.549 e. The Morgan fingerprint density at radius 1 is 1.13 bits per heavy atom. The van der Waals surface area contributed by atoms with Gasteiger partial charge in [0.25, 0.3) is 8.32 Å². The highest BCUT2D eigenvalue weighted by Crippen LogP contribution is 2.31. The Balaban J connectivity index is 2.64. The maximum atomic E-state index is 12.7. The van der Waals surface area contributed by atoms with Gasteiger partial charge in [0, 0.05) is 6.04 Å². The zero-order valence-corrected chi connectivity index (χ0v) is 15.0. The van der Waals surface area contributed by atoms with Crippen molar-refractivity contribution in [3.8, 4) is 5.75 Å². The van der Waals surface area contributed by atoms with Crippen LogP contribution in [0.3, 0.4) is 0 Å². The number of ether oxygens (including phenoxy) is 1. The smallest absolute Gasteiger partial charge is 0.416 e. The van der Waals surface area contributed by atoms with E-state index in [1.807, 2.05) is 13.0 Å². The molecular weight excluding hydrogens is 321 g/mol. The van der Waals surface area contributed by atoms with Crippen molar-refractivity contribution in [1.82, 2.24) is 0 Å². The average Bonchev–Trinajstić information content (AvgIpc) is 2.53. The van der Waals surface area contributed by atoms with Crippen LogP contribution in [0.4, 0.5) is 13.2 Å². The van der Waals surface area contributed by atoms with Gasteiger partial charge in [0.15, 0.2) is 0 Å². The van der Waals surface area contributed by atoms with Gasteiger partial charge in [-0.05, 0) is 36.7 Å². The fraction of sp³-hybridized carbons (Fsp3) is 0.529. The van der Waals surface area contributed by atoms with Crippen molar-refractivity contribution in [2.75, 3.05) is 6.61 Å². The lowest BCUT2D eigenvalue weighted by atomic mass is 10.2. The normalized spacial score (nSPS) is 12.6. The summed E-state index contributed by atoms with van der Waals surface area (Å²) in [7, 11) is -1.92. The second-order valence-electron chi connectivity index (χ2n) is 5.41. The Hall–Kier alpha value is -1.43. The number of hydrogen-bond donors (Lipinski definition) is 0. The minimum Gasteiger partial charge on any atom is -0.549 e. The molecule has 0 saturated carbocycles. The highest BCUT2D eigenvalue weighted by Gasteiger charge is 2.32. The molecule has 0 spiro atoms. The predicted molar refractivity (Wildman–Crippen MR) is 89.0 cm³/mol. The molecule has 1 aromatic carbocycles. The summed E-state index contributed by atoms with van der Waals surface area (Å²) in [6.45, 7) is 6.60. The lowest BCUT2D eigenvalue weighted by Gasteiger charge is -2.28. The van der Waals surface area contributed by atoms with Crippen molar-refractivity contribution in [2.45, 2.75) is 51.5 Å². The molecule has 0 aliphatic carbocycles. The van der Waals surface area contributed by atoms with Crippen LogP contribution in [0.15, 0.2) is 36.6 Å². The monoisotopic (exact) mass is 346 g/mol. The van der Waals surface area contributed by atoms with Crippen molar-refractivity contribution >= 4 is 8.32 Å². The predicted octanol–water partition coefficient (Wildman–Crippen LogP) is 6.01. The minimum atomic E-state index is -4.35. The van der Waals surface area contributed by atoms with Crippen LogP contribution >= 0.6 is 0 Å². The fourth-order valence-corrected chi connectivity index (χ4v) is 4.75. The maximum Gasteiger partial charge on any atom is 0.416 e. The first kappa shape index (κ1) is 19.6. The van der Waals surface area contributed by atoms with E-state index in [0.29, 0.717) is 6.61 Å². The van der Waals surface area contributed by atoms with Crippen molar-refractivity contribution in [2.24, 2.45) is 0 Å². The van der Waals surface area contributed by atoms with Crippen LogP contribution < -0.4 is 4.74 Å². The highest BCUT2D eigenvalue weighted by molar-refractivity contribution is 6.73. The van der Waals surface area contributed by atoms with Crippen LogP contribution in [-0.4, -0.2) is 14.9 Å². The molecule has 6 heteroatoms. The van der Waals surface area contributed by atoms with Crippen LogP contribution in [-0.2, 0) is 10.6 Å². The first-order valence-corrected chi connectivity index (χ1v) is 10.5. The lowest BCUT2D eigenvalue weighted by Crippen LogP contribution is -2.36. The fourth-order valence-electron chi connectivity index (χ4n) is 2.23. The lowest BCUT2D eigenvalue weighted by molar-refractivity contribution is -0.137. The SMILES string of the molecule is CC/C=C/O[Si](CC)(CC)CCOc1cccc(C(F)(F)F)c1. The third kappa shape index (κ3) is 6.29. The summed E-state index contributed by atoms with van der Waals surface area (Å²) >= 11 is 0. The summed E-state index contributed by atoms with van der Waals surface area (Å²) in [5, 5.41) is 0. The molecule has 0 radical (unpaired) electrons. The maximum absolute atomic E-state index is 12.7. The molecule has 0 fully saturated rings. The zero-order valence-electron chi connectivity index (χ0n) is 14.0. The van der Waals surface area contributed by atoms with Crippen molar-refractivity contribution in [1.29, 1.82) is 0 Å². The molecule has 1 rings (SSSR count). The van der Waals surface area contributed by atoms with E-state index in [1.54, 1.807) is 12.3 Å². The molecule has 0 amide bonds. The highest BCUT2D eigenvalue weighted by atomic mass is 28.4. The van der Waals surface area contributed by atoms with Crippen LogP contribution in [0.2, 0.25) is 18.1 Å². The summed E-state index contributed by atoms with van der Waals surface area (Å²) in [6.07, 6.45) is 0.307. The van der Waals surface area contributed by atoms with Gasteiger partial charge in [-0.2, -0.15) is 13.2 Å². The number of rotatable bonds is 9. The van der Waals surface area contributed by atoms with Gasteiger partial charge in [0.1, 0.15) is 5.75 Å². The van der Waals surface area contributed by atoms with Crippen LogP contribution in [0.5, 0.6) is 5.75 Å². The average molecular weight is 346 g/mol. The van der Waals surface area contributed by atoms with Crippen molar-refractivity contribution in [3.63, 3.8) is 0 Å². The van der Waals surface area contributed by atoms with Gasteiger partial charge in [0.05, 0.1) is 18.4 Å². The van der Waals surface area contributed by atoms with Gasteiger partial charge in [-0.1, -0.05) is 32.9 Å². The third-order valence-corrected chi connectivity index (χ3v) is 8.26. The van der Waals surface area contributed by atoms with Gasteiger partial charge in [-0.3, -0.25) is 0 Å². The second kappa shape index (κ2) is 9.01. The van der Waals surface area contributed by atoms with Gasteiger partial charge < -0.3 is 9.16 Å². The molecule has 0 aromatic heterocycles. The van der Waals surface area contributed by atoms with E-state index in [0.717, 1.165) is 36.7 Å². The van der Waals surface area contributed by atoms with E-state index in [1.165, 1.54) is 6.07 Å². The standard InChI is InChI=1S/C17H25F3O2Si/c1-4-7-11-22-23(5-2,6-3)13-12-21-16-10-8-9-15(14-16)17(18,19)20/h7-11,14H,4-6,12-13H2,1-3H3/b11-7+. The van der Waals surface area contributed by atoms with Crippen molar-refractivity contribution in [3.05, 3.63) is 42.2 Å². The Labute approximate surface area is 137 Å². The first-order valence-electron chi connectivity index (χ1n) is 7.99. The van der Waals surface area contributed by atoms with Crippen molar-refractivity contribution < 1.29 is 22.3 Å². The summed E-state index contributed by atoms with van der Waals surface area (Å²) in [6, 6.07) is 7.65. The van der Waals surface area contributed by atoms with E-state index in [2.05, 4.69) is 13.8 Å². The second-order valence-corrected chi connectivity index (χ2v) is 9.93. The van der Waals surface area contributed by atoms with E-state index in [4.69, 9.17) is 9.16 Å². The molecule has 0 aliphatic heterocycles. The Kier molecular flexibility index (Phi) is 7.68. The Bertz CT molecular complexity index is 497. The van der Waals surface area contributed by atoms with E-state index < -0.39 is 20.1 Å². The molecule has 0 bridgehead atoms. The molecule has 0 unspecified atom stereocenters. The molecule has 1 aromatic rings. The number of allylic oxidation sites excluding steroid dienone is 1. The summed E-state index contributed by atoms with van der Waals surface area (Å²) in [5.41, 5.74) is -0.688. The van der Waals surface area contributed by atoms with Crippen LogP contribution in [0.1, 0.15) is 32.8 Å². The molecule has 0 aliphatic rings. The minimum absolute atomic E-state index is 0.249. The summed E-state index contributed by atoms with van der Waals surface area (Å²) in [5.74, 6) is 0.249. The number of alkyl halides is 3. The van der Waals surface area contributed by atoms with Gasteiger partial charge in [-0.15, -0.1) is 0 Å². The van der Waals surface area contributed by atoms with E-state index in [-0.39, 0.29) is 5.75 Å². The number of benzene rings is 1. The van der Waals surface area contributed by atoms with Crippen LogP contribution in [0.25, 0.3) is 0 Å². The first-order chi connectivity index (χ1) is 10.9. The van der Waals surface area contributed by atoms with Gasteiger partial charge in [-0.25, -0.2) is 0 Å². The van der Waals surface area contributed by atoms with Crippen LogP contribution in [0, 0.1) is 0 Å². The summed E-state index contributed by atoms with van der Waals surface area (Å²) in [4.78, 5) is 0. The Morgan fingerprint density at radius 3 is 2.39 bits per heavy atom. The molecule has 0 heterocycles. The zero-order chi connectivity index (χ0) is 17.3. The van der Waals surface area contributed by atoms with Gasteiger partial charge >= 0.3 is 6.18 Å². The number of hydrogen-bond acceptors (Lipinski definition) is 2. The number of halogens is 3. The molecule has 23 heavy (non-hydrogen) atoms.